The monoisotopic (exact) mass is 134 g/mol. The van der Waals surface area contributed by atoms with Crippen molar-refractivity contribution in [2.24, 2.45) is 0 Å². The highest BCUT2D eigenvalue weighted by Gasteiger charge is 2.17. The van der Waals surface area contributed by atoms with E-state index < -0.39 is 12.3 Å². The molecule has 3 heteroatoms. The Kier molecular flexibility index (Phi) is 2.42. The van der Waals surface area contributed by atoms with Crippen molar-refractivity contribution < 1.29 is 14.2 Å². The van der Waals surface area contributed by atoms with Gasteiger partial charge in [0, 0.05) is 13.0 Å². The van der Waals surface area contributed by atoms with Gasteiger partial charge in [0.1, 0.15) is 6.17 Å². The molecule has 1 heterocycles. The molecular formula is C6H11FO2. The minimum absolute atomic E-state index is 0.150. The first-order chi connectivity index (χ1) is 4.29. The van der Waals surface area contributed by atoms with Crippen molar-refractivity contribution in [2.45, 2.75) is 25.1 Å². The van der Waals surface area contributed by atoms with Gasteiger partial charge in [-0.05, 0) is 6.42 Å². The number of rotatable bonds is 0. The first-order valence-electron chi connectivity index (χ1n) is 3.19. The average Bonchev–Trinajstić information content (AvgIpc) is 1.93. The van der Waals surface area contributed by atoms with Gasteiger partial charge >= 0.3 is 0 Å². The van der Waals surface area contributed by atoms with E-state index in [1.165, 1.54) is 0 Å². The summed E-state index contributed by atoms with van der Waals surface area (Å²) in [7, 11) is 0. The Labute approximate surface area is 53.6 Å². The number of ether oxygens (including phenoxy) is 1. The highest BCUT2D eigenvalue weighted by Crippen LogP contribution is 2.10. The van der Waals surface area contributed by atoms with E-state index in [0.29, 0.717) is 13.0 Å². The maximum atomic E-state index is 12.4. The molecule has 9 heavy (non-hydrogen) atoms. The number of hydrogen-bond acceptors (Lipinski definition) is 2. The zero-order chi connectivity index (χ0) is 6.69. The smallest absolute Gasteiger partial charge is 0.126 e. The fourth-order valence-corrected chi connectivity index (χ4v) is 0.912. The molecule has 2 atom stereocenters. The van der Waals surface area contributed by atoms with Gasteiger partial charge < -0.3 is 9.84 Å². The van der Waals surface area contributed by atoms with Crippen LogP contribution >= 0.6 is 0 Å². The van der Waals surface area contributed by atoms with Crippen LogP contribution in [-0.2, 0) is 4.74 Å². The van der Waals surface area contributed by atoms with Gasteiger partial charge in [-0.25, -0.2) is 4.39 Å². The summed E-state index contributed by atoms with van der Waals surface area (Å²) in [4.78, 5) is 0. The van der Waals surface area contributed by atoms with Gasteiger partial charge in [0.15, 0.2) is 0 Å². The van der Waals surface area contributed by atoms with E-state index in [-0.39, 0.29) is 13.0 Å². The van der Waals surface area contributed by atoms with Crippen LogP contribution < -0.4 is 0 Å². The first kappa shape index (κ1) is 6.96. The number of alkyl halides is 1. The summed E-state index contributed by atoms with van der Waals surface area (Å²) >= 11 is 0. The molecule has 54 valence electrons. The normalized spacial score (nSPS) is 38.0. The molecule has 0 aromatic rings. The third-order valence-electron chi connectivity index (χ3n) is 1.42. The van der Waals surface area contributed by atoms with Crippen LogP contribution in [0.5, 0.6) is 0 Å². The SMILES string of the molecule is OC1CCOCC(F)C1. The summed E-state index contributed by atoms with van der Waals surface area (Å²) in [5.41, 5.74) is 0. The lowest BCUT2D eigenvalue weighted by atomic mass is 10.1. The number of hydrogen-bond donors (Lipinski definition) is 1. The third kappa shape index (κ3) is 2.28. The lowest BCUT2D eigenvalue weighted by Gasteiger charge is -2.04. The van der Waals surface area contributed by atoms with Crippen molar-refractivity contribution in [1.29, 1.82) is 0 Å². The van der Waals surface area contributed by atoms with Gasteiger partial charge in [-0.1, -0.05) is 0 Å². The molecule has 0 spiro atoms. The van der Waals surface area contributed by atoms with E-state index in [2.05, 4.69) is 0 Å². The van der Waals surface area contributed by atoms with Crippen molar-refractivity contribution in [1.82, 2.24) is 0 Å². The Morgan fingerprint density at radius 2 is 2.33 bits per heavy atom. The molecule has 1 aliphatic heterocycles. The van der Waals surface area contributed by atoms with E-state index >= 15 is 0 Å². The Bertz CT molecular complexity index is 77.1. The van der Waals surface area contributed by atoms with Crippen LogP contribution in [0.15, 0.2) is 0 Å². The quantitative estimate of drug-likeness (QED) is 0.522. The molecule has 0 amide bonds. The lowest BCUT2D eigenvalue weighted by molar-refractivity contribution is 0.0970. The molecule has 2 unspecified atom stereocenters. The number of aliphatic hydroxyl groups is 1. The second-order valence-corrected chi connectivity index (χ2v) is 2.35. The van der Waals surface area contributed by atoms with Gasteiger partial charge in [-0.2, -0.15) is 0 Å². The van der Waals surface area contributed by atoms with Crippen molar-refractivity contribution in [3.05, 3.63) is 0 Å². The van der Waals surface area contributed by atoms with Crippen LogP contribution in [0, 0.1) is 0 Å². The number of halogens is 1. The Balaban J connectivity index is 2.29. The van der Waals surface area contributed by atoms with Crippen LogP contribution in [0.1, 0.15) is 12.8 Å². The van der Waals surface area contributed by atoms with E-state index in [1.54, 1.807) is 0 Å². The summed E-state index contributed by atoms with van der Waals surface area (Å²) < 4.78 is 17.3. The molecule has 1 saturated heterocycles. The summed E-state index contributed by atoms with van der Waals surface area (Å²) in [5, 5.41) is 8.94. The second-order valence-electron chi connectivity index (χ2n) is 2.35. The Hall–Kier alpha value is -0.150. The Morgan fingerprint density at radius 3 is 3.11 bits per heavy atom. The minimum Gasteiger partial charge on any atom is -0.393 e. The molecule has 1 rings (SSSR count). The van der Waals surface area contributed by atoms with Gasteiger partial charge in [-0.3, -0.25) is 0 Å². The Morgan fingerprint density at radius 1 is 1.56 bits per heavy atom. The molecule has 0 aliphatic carbocycles. The maximum absolute atomic E-state index is 12.4. The molecule has 1 N–H and O–H groups in total. The van der Waals surface area contributed by atoms with Crippen LogP contribution in [-0.4, -0.2) is 30.6 Å². The summed E-state index contributed by atoms with van der Waals surface area (Å²) in [5.74, 6) is 0. The van der Waals surface area contributed by atoms with E-state index in [0.717, 1.165) is 0 Å². The standard InChI is InChI=1S/C6H11FO2/c7-5-3-6(8)1-2-9-4-5/h5-6,8H,1-4H2. The van der Waals surface area contributed by atoms with Crippen LogP contribution in [0.25, 0.3) is 0 Å². The molecular weight excluding hydrogens is 123 g/mol. The minimum atomic E-state index is -0.970. The van der Waals surface area contributed by atoms with Crippen molar-refractivity contribution >= 4 is 0 Å². The molecule has 1 aliphatic rings. The highest BCUT2D eigenvalue weighted by atomic mass is 19.1. The second kappa shape index (κ2) is 3.13. The molecule has 0 radical (unpaired) electrons. The van der Waals surface area contributed by atoms with Gasteiger partial charge in [-0.15, -0.1) is 0 Å². The van der Waals surface area contributed by atoms with E-state index in [4.69, 9.17) is 9.84 Å². The fourth-order valence-electron chi connectivity index (χ4n) is 0.912. The molecule has 0 saturated carbocycles. The third-order valence-corrected chi connectivity index (χ3v) is 1.42. The predicted octanol–water partition coefficient (Wildman–Crippen LogP) is 0.496. The largest absolute Gasteiger partial charge is 0.393 e. The van der Waals surface area contributed by atoms with E-state index in [9.17, 15) is 4.39 Å². The zero-order valence-electron chi connectivity index (χ0n) is 5.22. The highest BCUT2D eigenvalue weighted by molar-refractivity contribution is 4.66. The van der Waals surface area contributed by atoms with Crippen LogP contribution in [0.2, 0.25) is 0 Å². The van der Waals surface area contributed by atoms with Crippen LogP contribution in [0.4, 0.5) is 4.39 Å². The van der Waals surface area contributed by atoms with Crippen molar-refractivity contribution in [2.75, 3.05) is 13.2 Å². The van der Waals surface area contributed by atoms with Crippen molar-refractivity contribution in [3.8, 4) is 0 Å². The summed E-state index contributed by atoms with van der Waals surface area (Å²) in [6.45, 7) is 0.638. The molecule has 1 fully saturated rings. The van der Waals surface area contributed by atoms with Gasteiger partial charge in [0.05, 0.1) is 12.7 Å². The average molecular weight is 134 g/mol. The summed E-state index contributed by atoms with van der Waals surface area (Å²) in [6.07, 6.45) is -0.662. The van der Waals surface area contributed by atoms with Crippen LogP contribution in [0.3, 0.4) is 0 Å². The topological polar surface area (TPSA) is 29.5 Å². The predicted molar refractivity (Wildman–Crippen MR) is 31.0 cm³/mol. The number of aliphatic hydroxyl groups excluding tert-OH is 1. The summed E-state index contributed by atoms with van der Waals surface area (Å²) in [6, 6.07) is 0. The maximum Gasteiger partial charge on any atom is 0.126 e. The van der Waals surface area contributed by atoms with Crippen molar-refractivity contribution in [3.63, 3.8) is 0 Å². The molecule has 0 bridgehead atoms. The molecule has 0 aromatic heterocycles. The molecule has 2 nitrogen and oxygen atoms in total. The zero-order valence-corrected chi connectivity index (χ0v) is 5.22. The van der Waals surface area contributed by atoms with E-state index in [1.807, 2.05) is 0 Å². The first-order valence-corrected chi connectivity index (χ1v) is 3.19. The van der Waals surface area contributed by atoms with Gasteiger partial charge in [0.2, 0.25) is 0 Å². The van der Waals surface area contributed by atoms with Gasteiger partial charge in [0.25, 0.3) is 0 Å². The fraction of sp³-hybridized carbons (Fsp3) is 1.00. The lowest BCUT2D eigenvalue weighted by Crippen LogP contribution is -2.13. The molecule has 0 aromatic carbocycles.